The Morgan fingerprint density at radius 2 is 2.04 bits per heavy atom. The highest BCUT2D eigenvalue weighted by molar-refractivity contribution is 7.99. The van der Waals surface area contributed by atoms with Gasteiger partial charge in [0, 0.05) is 0 Å². The van der Waals surface area contributed by atoms with Gasteiger partial charge in [0.1, 0.15) is 0 Å². The number of benzene rings is 1. The zero-order valence-electron chi connectivity index (χ0n) is 13.0. The van der Waals surface area contributed by atoms with Crippen LogP contribution in [-0.4, -0.2) is 31.9 Å². The summed E-state index contributed by atoms with van der Waals surface area (Å²) < 4.78 is 1.68. The topological polar surface area (TPSA) is 72.7 Å². The second-order valence-electron chi connectivity index (χ2n) is 5.25. The Bertz CT molecular complexity index is 692. The number of aromatic nitrogens is 4. The first kappa shape index (κ1) is 18.0. The van der Waals surface area contributed by atoms with Crippen LogP contribution < -0.4 is 5.32 Å². The molecule has 1 amide bonds. The smallest absolute Gasteiger partial charge is 0.230 e. The molecule has 0 fully saturated rings. The Labute approximate surface area is 148 Å². The zero-order chi connectivity index (χ0) is 17.0. The third-order valence-corrected chi connectivity index (χ3v) is 4.78. The van der Waals surface area contributed by atoms with Gasteiger partial charge in [-0.05, 0) is 48.9 Å². The number of amides is 1. The number of nitrogens with one attached hydrogen (secondary N) is 1. The van der Waals surface area contributed by atoms with Crippen LogP contribution in [0.4, 0.5) is 0 Å². The molecule has 0 aliphatic heterocycles. The predicted molar refractivity (Wildman–Crippen MR) is 91.9 cm³/mol. The van der Waals surface area contributed by atoms with Gasteiger partial charge in [0.2, 0.25) is 11.1 Å². The summed E-state index contributed by atoms with van der Waals surface area (Å²) in [5.74, 6) is 0.130. The molecule has 1 heterocycles. The van der Waals surface area contributed by atoms with Crippen LogP contribution in [-0.2, 0) is 4.79 Å². The lowest BCUT2D eigenvalue weighted by molar-refractivity contribution is -0.119. The fourth-order valence-electron chi connectivity index (χ4n) is 1.88. The summed E-state index contributed by atoms with van der Waals surface area (Å²) in [6, 6.07) is 5.28. The molecule has 6 nitrogen and oxygen atoms in total. The lowest BCUT2D eigenvalue weighted by Crippen LogP contribution is -2.28. The van der Waals surface area contributed by atoms with Gasteiger partial charge in [0.05, 0.1) is 27.9 Å². The maximum absolute atomic E-state index is 12.1. The van der Waals surface area contributed by atoms with E-state index in [1.807, 2.05) is 26.8 Å². The van der Waals surface area contributed by atoms with Crippen molar-refractivity contribution in [2.24, 2.45) is 0 Å². The molecule has 1 atom stereocenters. The summed E-state index contributed by atoms with van der Waals surface area (Å²) in [4.78, 5) is 12.1. The van der Waals surface area contributed by atoms with E-state index in [-0.39, 0.29) is 23.7 Å². The quantitative estimate of drug-likeness (QED) is 0.783. The van der Waals surface area contributed by atoms with Crippen molar-refractivity contribution in [3.63, 3.8) is 0 Å². The maximum Gasteiger partial charge on any atom is 0.230 e. The van der Waals surface area contributed by atoms with Crippen LogP contribution in [0, 0.1) is 0 Å². The van der Waals surface area contributed by atoms with E-state index < -0.39 is 0 Å². The Kier molecular flexibility index (Phi) is 6.26. The maximum atomic E-state index is 12.1. The summed E-state index contributed by atoms with van der Waals surface area (Å²) in [6.07, 6.45) is 0. The normalized spacial score (nSPS) is 12.4. The van der Waals surface area contributed by atoms with Crippen LogP contribution in [0.5, 0.6) is 0 Å². The van der Waals surface area contributed by atoms with Crippen LogP contribution in [0.15, 0.2) is 23.4 Å². The standard InChI is InChI=1S/C14H17Cl2N5OS/c1-8(2)21-14(18-19-20-21)23-7-13(22)17-9(3)10-4-5-11(15)12(16)6-10/h4-6,8-9H,7H2,1-3H3,(H,17,22). The lowest BCUT2D eigenvalue weighted by Gasteiger charge is -2.15. The number of tetrazole rings is 1. The minimum atomic E-state index is -0.168. The molecule has 0 saturated carbocycles. The molecule has 0 saturated heterocycles. The lowest BCUT2D eigenvalue weighted by atomic mass is 10.1. The number of rotatable bonds is 6. The second-order valence-corrected chi connectivity index (χ2v) is 7.01. The van der Waals surface area contributed by atoms with Crippen LogP contribution in [0.1, 0.15) is 38.4 Å². The van der Waals surface area contributed by atoms with Crippen molar-refractivity contribution in [3.8, 4) is 0 Å². The van der Waals surface area contributed by atoms with E-state index >= 15 is 0 Å². The van der Waals surface area contributed by atoms with Crippen LogP contribution >= 0.6 is 35.0 Å². The highest BCUT2D eigenvalue weighted by Gasteiger charge is 2.14. The van der Waals surface area contributed by atoms with Crippen molar-refractivity contribution in [2.45, 2.75) is 38.0 Å². The third-order valence-electron chi connectivity index (χ3n) is 3.11. The van der Waals surface area contributed by atoms with Crippen LogP contribution in [0.25, 0.3) is 0 Å². The van der Waals surface area contributed by atoms with Crippen molar-refractivity contribution in [1.82, 2.24) is 25.5 Å². The first-order valence-corrected chi connectivity index (χ1v) is 8.77. The van der Waals surface area contributed by atoms with Gasteiger partial charge < -0.3 is 5.32 Å². The SMILES string of the molecule is CC(NC(=O)CSc1nnnn1C(C)C)c1ccc(Cl)c(Cl)c1. The van der Waals surface area contributed by atoms with Gasteiger partial charge >= 0.3 is 0 Å². The van der Waals surface area contributed by atoms with E-state index in [0.29, 0.717) is 15.2 Å². The number of halogens is 2. The van der Waals surface area contributed by atoms with Crippen molar-refractivity contribution in [2.75, 3.05) is 5.75 Å². The van der Waals surface area contributed by atoms with E-state index in [4.69, 9.17) is 23.2 Å². The molecule has 9 heteroatoms. The Balaban J connectivity index is 1.91. The molecular formula is C14H17Cl2N5OS. The number of hydrogen-bond donors (Lipinski definition) is 1. The van der Waals surface area contributed by atoms with E-state index in [1.54, 1.807) is 16.8 Å². The number of carbonyl (C=O) groups excluding carboxylic acids is 1. The molecule has 0 aliphatic carbocycles. The van der Waals surface area contributed by atoms with E-state index in [0.717, 1.165) is 5.56 Å². The molecule has 1 aromatic heterocycles. The molecule has 0 radical (unpaired) electrons. The average molecular weight is 374 g/mol. The number of thioether (sulfide) groups is 1. The van der Waals surface area contributed by atoms with Crippen molar-refractivity contribution in [3.05, 3.63) is 33.8 Å². The largest absolute Gasteiger partial charge is 0.349 e. The highest BCUT2D eigenvalue weighted by Crippen LogP contribution is 2.25. The van der Waals surface area contributed by atoms with Gasteiger partial charge in [-0.2, -0.15) is 0 Å². The molecule has 0 bridgehead atoms. The van der Waals surface area contributed by atoms with Gasteiger partial charge in [-0.1, -0.05) is 41.0 Å². The monoisotopic (exact) mass is 373 g/mol. The van der Waals surface area contributed by atoms with Gasteiger partial charge in [-0.25, -0.2) is 4.68 Å². The molecule has 0 spiro atoms. The van der Waals surface area contributed by atoms with Crippen LogP contribution in [0.3, 0.4) is 0 Å². The summed E-state index contributed by atoms with van der Waals surface area (Å²) in [6.45, 7) is 5.85. The first-order valence-electron chi connectivity index (χ1n) is 7.03. The highest BCUT2D eigenvalue weighted by atomic mass is 35.5. The van der Waals surface area contributed by atoms with Gasteiger partial charge in [-0.15, -0.1) is 5.10 Å². The molecular weight excluding hydrogens is 357 g/mol. The number of hydrogen-bond acceptors (Lipinski definition) is 5. The Morgan fingerprint density at radius 1 is 1.30 bits per heavy atom. The molecule has 1 unspecified atom stereocenters. The molecule has 2 rings (SSSR count). The van der Waals surface area contributed by atoms with Gasteiger partial charge in [0.25, 0.3) is 0 Å². The third kappa shape index (κ3) is 4.83. The number of carbonyl (C=O) groups is 1. The van der Waals surface area contributed by atoms with E-state index in [2.05, 4.69) is 20.8 Å². The number of nitrogens with zero attached hydrogens (tertiary/aromatic N) is 4. The fraction of sp³-hybridized carbons (Fsp3) is 0.429. The Morgan fingerprint density at radius 3 is 2.70 bits per heavy atom. The van der Waals surface area contributed by atoms with Crippen molar-refractivity contribution in [1.29, 1.82) is 0 Å². The molecule has 1 N–H and O–H groups in total. The Hall–Kier alpha value is -1.31. The summed E-state index contributed by atoms with van der Waals surface area (Å²) >= 11 is 13.2. The van der Waals surface area contributed by atoms with Crippen LogP contribution in [0.2, 0.25) is 10.0 Å². The van der Waals surface area contributed by atoms with Crippen molar-refractivity contribution >= 4 is 40.9 Å². The predicted octanol–water partition coefficient (Wildman–Crippen LogP) is 3.53. The summed E-state index contributed by atoms with van der Waals surface area (Å²) in [5, 5.41) is 15.9. The van der Waals surface area contributed by atoms with Gasteiger partial charge in [0.15, 0.2) is 0 Å². The zero-order valence-corrected chi connectivity index (χ0v) is 15.3. The van der Waals surface area contributed by atoms with Gasteiger partial charge in [-0.3, -0.25) is 4.79 Å². The summed E-state index contributed by atoms with van der Waals surface area (Å²) in [7, 11) is 0. The minimum Gasteiger partial charge on any atom is -0.349 e. The first-order chi connectivity index (χ1) is 10.9. The molecule has 23 heavy (non-hydrogen) atoms. The van der Waals surface area contributed by atoms with Crippen molar-refractivity contribution < 1.29 is 4.79 Å². The van der Waals surface area contributed by atoms with E-state index in [9.17, 15) is 4.79 Å². The molecule has 2 aromatic rings. The van der Waals surface area contributed by atoms with E-state index in [1.165, 1.54) is 11.8 Å². The average Bonchev–Trinajstić information content (AvgIpc) is 2.96. The second kappa shape index (κ2) is 7.99. The molecule has 124 valence electrons. The molecule has 1 aromatic carbocycles. The molecule has 0 aliphatic rings. The summed E-state index contributed by atoms with van der Waals surface area (Å²) in [5.41, 5.74) is 0.893. The minimum absolute atomic E-state index is 0.105. The fourth-order valence-corrected chi connectivity index (χ4v) is 3.01.